The van der Waals surface area contributed by atoms with E-state index < -0.39 is 15.9 Å². The number of carbonyl (C=O) groups excluding carboxylic acids is 1. The quantitative estimate of drug-likeness (QED) is 0.519. The Labute approximate surface area is 169 Å². The summed E-state index contributed by atoms with van der Waals surface area (Å²) in [7, 11) is -3.69. The van der Waals surface area contributed by atoms with Gasteiger partial charge in [-0.1, -0.05) is 19.9 Å². The lowest BCUT2D eigenvalue weighted by Crippen LogP contribution is -2.22. The van der Waals surface area contributed by atoms with E-state index in [0.29, 0.717) is 23.5 Å². The Morgan fingerprint density at radius 2 is 1.97 bits per heavy atom. The van der Waals surface area contributed by atoms with Crippen LogP contribution in [0.2, 0.25) is 0 Å². The number of rotatable bonds is 8. The minimum Gasteiger partial charge on any atom is -0.370 e. The molecule has 3 rings (SSSR count). The van der Waals surface area contributed by atoms with Crippen molar-refractivity contribution in [3.8, 4) is 11.1 Å². The molecule has 6 nitrogen and oxygen atoms in total. The van der Waals surface area contributed by atoms with Crippen LogP contribution in [0.1, 0.15) is 25.8 Å². The largest absolute Gasteiger partial charge is 0.370 e. The second kappa shape index (κ2) is 8.24. The van der Waals surface area contributed by atoms with Gasteiger partial charge in [-0.05, 0) is 53.8 Å². The minimum absolute atomic E-state index is 0.237. The van der Waals surface area contributed by atoms with Gasteiger partial charge in [-0.2, -0.15) is 0 Å². The van der Waals surface area contributed by atoms with Crippen LogP contribution in [0.3, 0.4) is 0 Å². The van der Waals surface area contributed by atoms with Gasteiger partial charge >= 0.3 is 0 Å². The zero-order valence-corrected chi connectivity index (χ0v) is 17.1. The molecule has 4 N–H and O–H groups in total. The summed E-state index contributed by atoms with van der Waals surface area (Å²) in [6.45, 7) is 4.10. The van der Waals surface area contributed by atoms with E-state index in [1.165, 1.54) is 12.1 Å². The average molecular weight is 418 g/mol. The molecule has 29 heavy (non-hydrogen) atoms. The summed E-state index contributed by atoms with van der Waals surface area (Å²) in [5.74, 6) is -1.04. The summed E-state index contributed by atoms with van der Waals surface area (Å²) in [4.78, 5) is 14.0. The summed E-state index contributed by atoms with van der Waals surface area (Å²) in [6, 6.07) is 10.1. The lowest BCUT2D eigenvalue weighted by Gasteiger charge is -2.15. The third kappa shape index (κ3) is 5.14. The first-order chi connectivity index (χ1) is 13.6. The van der Waals surface area contributed by atoms with Crippen LogP contribution < -0.4 is 10.5 Å². The summed E-state index contributed by atoms with van der Waals surface area (Å²) in [5.41, 5.74) is 8.90. The molecule has 0 atom stereocenters. The molecule has 0 aliphatic heterocycles. The number of nitrogens with one attached hydrogen (secondary N) is 2. The van der Waals surface area contributed by atoms with Crippen LogP contribution in [-0.4, -0.2) is 25.1 Å². The van der Waals surface area contributed by atoms with Crippen LogP contribution in [-0.2, 0) is 21.2 Å². The molecular weight excluding hydrogens is 393 g/mol. The van der Waals surface area contributed by atoms with Crippen molar-refractivity contribution < 1.29 is 17.6 Å². The predicted molar refractivity (Wildman–Crippen MR) is 113 cm³/mol. The highest BCUT2D eigenvalue weighted by molar-refractivity contribution is 7.92. The number of amides is 1. The van der Waals surface area contributed by atoms with E-state index in [2.05, 4.69) is 9.71 Å². The number of benzene rings is 2. The maximum atomic E-state index is 13.5. The molecule has 154 valence electrons. The SMILES string of the molecule is CC(C)Cc1cc(-c2c[nH]c3cc(F)ccc23)ccc1NS(=O)(=O)CCC(N)=O. The molecule has 0 saturated carbocycles. The number of halogens is 1. The fraction of sp³-hybridized carbons (Fsp3) is 0.286. The molecule has 0 spiro atoms. The van der Waals surface area contributed by atoms with Gasteiger partial charge in [0.2, 0.25) is 15.9 Å². The molecule has 0 fully saturated rings. The van der Waals surface area contributed by atoms with Crippen LogP contribution in [0.25, 0.3) is 22.0 Å². The summed E-state index contributed by atoms with van der Waals surface area (Å²) >= 11 is 0. The third-order valence-electron chi connectivity index (χ3n) is 4.57. The van der Waals surface area contributed by atoms with Gasteiger partial charge in [0.1, 0.15) is 5.82 Å². The van der Waals surface area contributed by atoms with Gasteiger partial charge in [-0.25, -0.2) is 12.8 Å². The number of nitrogens with two attached hydrogens (primary N) is 1. The Kier molecular flexibility index (Phi) is 5.93. The van der Waals surface area contributed by atoms with E-state index >= 15 is 0 Å². The maximum absolute atomic E-state index is 13.5. The van der Waals surface area contributed by atoms with Crippen LogP contribution in [0, 0.1) is 11.7 Å². The molecule has 0 radical (unpaired) electrons. The molecule has 0 unspecified atom stereocenters. The van der Waals surface area contributed by atoms with Gasteiger partial charge in [0.15, 0.2) is 0 Å². The van der Waals surface area contributed by atoms with Crippen LogP contribution in [0.15, 0.2) is 42.6 Å². The number of hydrogen-bond acceptors (Lipinski definition) is 3. The first-order valence-electron chi connectivity index (χ1n) is 9.33. The highest BCUT2D eigenvalue weighted by Gasteiger charge is 2.16. The van der Waals surface area contributed by atoms with Crippen molar-refractivity contribution in [3.63, 3.8) is 0 Å². The van der Waals surface area contributed by atoms with E-state index in [1.54, 1.807) is 12.1 Å². The van der Waals surface area contributed by atoms with Crippen LogP contribution >= 0.6 is 0 Å². The number of primary amides is 1. The number of anilines is 1. The second-order valence-corrected chi connectivity index (χ2v) is 9.34. The normalized spacial score (nSPS) is 11.9. The van der Waals surface area contributed by atoms with Crippen molar-refractivity contribution in [3.05, 3.63) is 54.0 Å². The van der Waals surface area contributed by atoms with Crippen LogP contribution in [0.4, 0.5) is 10.1 Å². The highest BCUT2D eigenvalue weighted by Crippen LogP contribution is 2.32. The van der Waals surface area contributed by atoms with Gasteiger partial charge in [0, 0.05) is 29.1 Å². The van der Waals surface area contributed by atoms with Crippen molar-refractivity contribution in [1.29, 1.82) is 0 Å². The highest BCUT2D eigenvalue weighted by atomic mass is 32.2. The van der Waals surface area contributed by atoms with Gasteiger partial charge in [-0.3, -0.25) is 9.52 Å². The van der Waals surface area contributed by atoms with E-state index in [9.17, 15) is 17.6 Å². The van der Waals surface area contributed by atoms with E-state index in [0.717, 1.165) is 22.1 Å². The third-order valence-corrected chi connectivity index (χ3v) is 5.84. The first kappa shape index (κ1) is 20.9. The summed E-state index contributed by atoms with van der Waals surface area (Å²) < 4.78 is 40.6. The zero-order chi connectivity index (χ0) is 21.2. The Hall–Kier alpha value is -2.87. The van der Waals surface area contributed by atoms with Crippen molar-refractivity contribution >= 4 is 32.5 Å². The average Bonchev–Trinajstić information content (AvgIpc) is 3.04. The van der Waals surface area contributed by atoms with Gasteiger partial charge < -0.3 is 10.7 Å². The molecule has 1 heterocycles. The molecular formula is C21H24FN3O3S. The number of H-pyrrole nitrogens is 1. The molecule has 1 amide bonds. The zero-order valence-electron chi connectivity index (χ0n) is 16.3. The maximum Gasteiger partial charge on any atom is 0.233 e. The number of hydrogen-bond donors (Lipinski definition) is 3. The summed E-state index contributed by atoms with van der Waals surface area (Å²) in [6.07, 6.45) is 2.24. The van der Waals surface area contributed by atoms with Crippen molar-refractivity contribution in [2.24, 2.45) is 11.7 Å². The first-order valence-corrected chi connectivity index (χ1v) is 11.0. The fourth-order valence-electron chi connectivity index (χ4n) is 3.26. The number of carbonyl (C=O) groups is 1. The van der Waals surface area contributed by atoms with Gasteiger partial charge in [0.05, 0.1) is 11.4 Å². The number of sulfonamides is 1. The Morgan fingerprint density at radius 1 is 1.21 bits per heavy atom. The van der Waals surface area contributed by atoms with E-state index in [1.807, 2.05) is 32.2 Å². The van der Waals surface area contributed by atoms with E-state index in [4.69, 9.17) is 5.73 Å². The Bertz CT molecular complexity index is 1150. The molecule has 0 aliphatic carbocycles. The smallest absolute Gasteiger partial charge is 0.233 e. The Balaban J connectivity index is 1.98. The Morgan fingerprint density at radius 3 is 2.66 bits per heavy atom. The monoisotopic (exact) mass is 417 g/mol. The topological polar surface area (TPSA) is 105 Å². The number of fused-ring (bicyclic) bond motifs is 1. The predicted octanol–water partition coefficient (Wildman–Crippen LogP) is 3.79. The molecule has 3 aromatic rings. The standard InChI is InChI=1S/C21H24FN3O3S/c1-13(2)9-15-10-14(18-12-24-20-11-16(22)4-5-17(18)20)3-6-19(15)25-29(27,28)8-7-21(23)26/h3-6,10-13,24-25H,7-9H2,1-2H3,(H2,23,26). The van der Waals surface area contributed by atoms with Crippen molar-refractivity contribution in [2.75, 3.05) is 10.5 Å². The summed E-state index contributed by atoms with van der Waals surface area (Å²) in [5, 5.41) is 0.886. The number of aromatic nitrogens is 1. The van der Waals surface area contributed by atoms with Crippen molar-refractivity contribution in [2.45, 2.75) is 26.7 Å². The molecule has 2 aromatic carbocycles. The van der Waals surface area contributed by atoms with Crippen LogP contribution in [0.5, 0.6) is 0 Å². The second-order valence-electron chi connectivity index (χ2n) is 7.50. The van der Waals surface area contributed by atoms with Gasteiger partial charge in [0.25, 0.3) is 0 Å². The molecule has 8 heteroatoms. The molecule has 0 bridgehead atoms. The van der Waals surface area contributed by atoms with Crippen molar-refractivity contribution in [1.82, 2.24) is 4.98 Å². The fourth-order valence-corrected chi connectivity index (χ4v) is 4.37. The lowest BCUT2D eigenvalue weighted by atomic mass is 9.96. The minimum atomic E-state index is -3.69. The lowest BCUT2D eigenvalue weighted by molar-refractivity contribution is -0.117. The molecule has 1 aromatic heterocycles. The van der Waals surface area contributed by atoms with Gasteiger partial charge in [-0.15, -0.1) is 0 Å². The molecule has 0 aliphatic rings. The van der Waals surface area contributed by atoms with E-state index in [-0.39, 0.29) is 18.0 Å². The molecule has 0 saturated heterocycles. The number of aromatic amines is 1.